The quantitative estimate of drug-likeness (QED) is 0.754. The minimum atomic E-state index is -1.12. The lowest BCUT2D eigenvalue weighted by Crippen LogP contribution is -2.57. The number of rotatable bonds is 7. The number of piperidine rings is 1. The monoisotopic (exact) mass is 366 g/mol. The van der Waals surface area contributed by atoms with Crippen molar-refractivity contribution in [3.05, 3.63) is 24.2 Å². The molecule has 1 aromatic heterocycles. The number of aliphatic carboxylic acids is 1. The summed E-state index contributed by atoms with van der Waals surface area (Å²) in [6.45, 7) is 4.21. The molecule has 2 heterocycles. The van der Waals surface area contributed by atoms with Gasteiger partial charge in [0.15, 0.2) is 5.76 Å². The van der Waals surface area contributed by atoms with Crippen molar-refractivity contribution in [3.8, 4) is 0 Å². The van der Waals surface area contributed by atoms with E-state index in [4.69, 9.17) is 9.15 Å². The van der Waals surface area contributed by atoms with Crippen LogP contribution in [0, 0.1) is 11.3 Å². The Hall–Kier alpha value is -2.35. The zero-order valence-electron chi connectivity index (χ0n) is 15.4. The average molecular weight is 366 g/mol. The van der Waals surface area contributed by atoms with Gasteiger partial charge in [-0.05, 0) is 30.9 Å². The van der Waals surface area contributed by atoms with Crippen molar-refractivity contribution in [2.75, 3.05) is 26.8 Å². The van der Waals surface area contributed by atoms with Gasteiger partial charge in [-0.1, -0.05) is 13.8 Å². The summed E-state index contributed by atoms with van der Waals surface area (Å²) < 4.78 is 10.2. The van der Waals surface area contributed by atoms with E-state index in [0.717, 1.165) is 0 Å². The fraction of sp³-hybridized carbons (Fsp3) is 0.611. The maximum atomic E-state index is 13.0. The first-order valence-electron chi connectivity index (χ1n) is 8.66. The molecule has 1 aromatic rings. The Bertz CT molecular complexity index is 638. The maximum absolute atomic E-state index is 13.0. The number of furan rings is 1. The van der Waals surface area contributed by atoms with Gasteiger partial charge in [-0.15, -0.1) is 0 Å². The van der Waals surface area contributed by atoms with Gasteiger partial charge in [-0.25, -0.2) is 0 Å². The Morgan fingerprint density at radius 2 is 2.15 bits per heavy atom. The molecule has 144 valence electrons. The molecule has 0 aliphatic carbocycles. The van der Waals surface area contributed by atoms with Crippen LogP contribution in [0.15, 0.2) is 22.8 Å². The third-order valence-corrected chi connectivity index (χ3v) is 4.73. The molecule has 1 fully saturated rings. The number of amides is 2. The molecule has 8 heteroatoms. The Morgan fingerprint density at radius 3 is 2.69 bits per heavy atom. The highest BCUT2D eigenvalue weighted by atomic mass is 16.5. The van der Waals surface area contributed by atoms with E-state index in [9.17, 15) is 19.5 Å². The molecule has 0 aromatic carbocycles. The number of carboxylic acids is 1. The lowest BCUT2D eigenvalue weighted by molar-refractivity contribution is -0.159. The molecule has 2 rings (SSSR count). The smallest absolute Gasteiger partial charge is 0.313 e. The number of likely N-dealkylation sites (tertiary alicyclic amines) is 1. The van der Waals surface area contributed by atoms with Crippen molar-refractivity contribution in [3.63, 3.8) is 0 Å². The highest BCUT2D eigenvalue weighted by molar-refractivity contribution is 5.95. The third kappa shape index (κ3) is 4.24. The predicted molar refractivity (Wildman–Crippen MR) is 92.6 cm³/mol. The van der Waals surface area contributed by atoms with Crippen LogP contribution in [0.25, 0.3) is 0 Å². The van der Waals surface area contributed by atoms with Crippen molar-refractivity contribution < 1.29 is 28.6 Å². The summed E-state index contributed by atoms with van der Waals surface area (Å²) in [4.78, 5) is 38.6. The summed E-state index contributed by atoms with van der Waals surface area (Å²) in [6, 6.07) is 2.35. The van der Waals surface area contributed by atoms with Crippen LogP contribution < -0.4 is 5.32 Å². The maximum Gasteiger partial charge on any atom is 0.313 e. The number of carboxylic acid groups (broad SMARTS) is 1. The number of hydrogen-bond donors (Lipinski definition) is 2. The second-order valence-electron chi connectivity index (χ2n) is 7.05. The number of carbonyl (C=O) groups is 3. The normalized spacial score (nSPS) is 21.5. The van der Waals surface area contributed by atoms with E-state index in [1.807, 2.05) is 13.8 Å². The van der Waals surface area contributed by atoms with Crippen molar-refractivity contribution in [1.82, 2.24) is 10.2 Å². The van der Waals surface area contributed by atoms with Gasteiger partial charge in [0.25, 0.3) is 5.91 Å². The van der Waals surface area contributed by atoms with Crippen LogP contribution in [-0.2, 0) is 14.3 Å². The predicted octanol–water partition coefficient (Wildman–Crippen LogP) is 1.37. The summed E-state index contributed by atoms with van der Waals surface area (Å²) in [5.41, 5.74) is -1.12. The number of hydrogen-bond acceptors (Lipinski definition) is 5. The molecule has 1 aliphatic heterocycles. The van der Waals surface area contributed by atoms with Gasteiger partial charge in [-0.3, -0.25) is 14.4 Å². The molecule has 26 heavy (non-hydrogen) atoms. The van der Waals surface area contributed by atoms with E-state index < -0.39 is 23.3 Å². The Kier molecular flexibility index (Phi) is 6.42. The van der Waals surface area contributed by atoms with Gasteiger partial charge in [0, 0.05) is 20.2 Å². The summed E-state index contributed by atoms with van der Waals surface area (Å²) in [5, 5.41) is 12.3. The number of ether oxygens (including phenoxy) is 1. The first-order chi connectivity index (χ1) is 12.3. The van der Waals surface area contributed by atoms with Crippen molar-refractivity contribution in [1.29, 1.82) is 0 Å². The fourth-order valence-corrected chi connectivity index (χ4v) is 3.28. The fourth-order valence-electron chi connectivity index (χ4n) is 3.28. The largest absolute Gasteiger partial charge is 0.481 e. The second-order valence-corrected chi connectivity index (χ2v) is 7.05. The summed E-state index contributed by atoms with van der Waals surface area (Å²) in [7, 11) is 1.45. The minimum Gasteiger partial charge on any atom is -0.481 e. The van der Waals surface area contributed by atoms with Gasteiger partial charge in [0.1, 0.15) is 11.5 Å². The molecule has 8 nitrogen and oxygen atoms in total. The Balaban J connectivity index is 2.15. The molecular weight excluding hydrogens is 340 g/mol. The third-order valence-electron chi connectivity index (χ3n) is 4.73. The van der Waals surface area contributed by atoms with Gasteiger partial charge >= 0.3 is 5.97 Å². The lowest BCUT2D eigenvalue weighted by atomic mass is 9.80. The summed E-state index contributed by atoms with van der Waals surface area (Å²) >= 11 is 0. The topological polar surface area (TPSA) is 109 Å². The Labute approximate surface area is 152 Å². The van der Waals surface area contributed by atoms with Crippen molar-refractivity contribution in [2.24, 2.45) is 11.3 Å². The zero-order valence-corrected chi connectivity index (χ0v) is 15.4. The molecule has 2 atom stereocenters. The summed E-state index contributed by atoms with van der Waals surface area (Å²) in [5.74, 6) is -1.77. The standard InChI is InChI=1S/C18H26N2O6/c1-12(2)14(19-15(21)13-6-4-9-26-13)16(22)20-8-5-7-18(10-20,11-25-3)17(23)24/h4,6,9,12,14H,5,7-8,10-11H2,1-3H3,(H,19,21)(H,23,24). The number of nitrogens with one attached hydrogen (secondary N) is 1. The van der Waals surface area contributed by atoms with Crippen molar-refractivity contribution >= 4 is 17.8 Å². The lowest BCUT2D eigenvalue weighted by Gasteiger charge is -2.41. The molecule has 2 unspecified atom stereocenters. The first kappa shape index (κ1) is 20.0. The van der Waals surface area contributed by atoms with Crippen LogP contribution in [0.1, 0.15) is 37.2 Å². The molecule has 1 aliphatic rings. The van der Waals surface area contributed by atoms with Gasteiger partial charge in [-0.2, -0.15) is 0 Å². The van der Waals surface area contributed by atoms with E-state index in [-0.39, 0.29) is 30.7 Å². The number of carbonyl (C=O) groups excluding carboxylic acids is 2. The van der Waals surface area contributed by atoms with Crippen LogP contribution in [0.4, 0.5) is 0 Å². The van der Waals surface area contributed by atoms with E-state index >= 15 is 0 Å². The van der Waals surface area contributed by atoms with Crippen molar-refractivity contribution in [2.45, 2.75) is 32.7 Å². The van der Waals surface area contributed by atoms with Gasteiger partial charge in [0.2, 0.25) is 5.91 Å². The van der Waals surface area contributed by atoms with Crippen LogP contribution in [0.2, 0.25) is 0 Å². The van der Waals surface area contributed by atoms with Crippen LogP contribution in [0.3, 0.4) is 0 Å². The molecule has 1 saturated heterocycles. The van der Waals surface area contributed by atoms with E-state index in [1.54, 1.807) is 6.07 Å². The molecule has 0 bridgehead atoms. The molecule has 0 spiro atoms. The van der Waals surface area contributed by atoms with E-state index in [2.05, 4.69) is 5.32 Å². The van der Waals surface area contributed by atoms with Crippen LogP contribution in [-0.4, -0.2) is 60.6 Å². The van der Waals surface area contributed by atoms with Gasteiger partial charge < -0.3 is 24.5 Å². The highest BCUT2D eigenvalue weighted by Gasteiger charge is 2.45. The number of methoxy groups -OCH3 is 1. The first-order valence-corrected chi connectivity index (χ1v) is 8.66. The second kappa shape index (κ2) is 8.35. The number of nitrogens with zero attached hydrogens (tertiary/aromatic N) is 1. The SMILES string of the molecule is COCC1(C(=O)O)CCCN(C(=O)C(NC(=O)c2ccco2)C(C)C)C1. The molecule has 0 radical (unpaired) electrons. The average Bonchev–Trinajstić information content (AvgIpc) is 3.13. The highest BCUT2D eigenvalue weighted by Crippen LogP contribution is 2.31. The molecule has 0 saturated carbocycles. The van der Waals surface area contributed by atoms with Gasteiger partial charge in [0.05, 0.1) is 12.9 Å². The summed E-state index contributed by atoms with van der Waals surface area (Å²) in [6.07, 6.45) is 2.40. The van der Waals surface area contributed by atoms with E-state index in [0.29, 0.717) is 19.4 Å². The van der Waals surface area contributed by atoms with E-state index in [1.165, 1.54) is 24.3 Å². The molecule has 2 N–H and O–H groups in total. The Morgan fingerprint density at radius 1 is 1.42 bits per heavy atom. The van der Waals surface area contributed by atoms with Crippen LogP contribution in [0.5, 0.6) is 0 Å². The van der Waals surface area contributed by atoms with Crippen LogP contribution >= 0.6 is 0 Å². The molecular formula is C18H26N2O6. The minimum absolute atomic E-state index is 0.0389. The zero-order chi connectivity index (χ0) is 19.3. The molecule has 2 amide bonds.